The fraction of sp³-hybridized carbons (Fsp3) is 0.600. The lowest BCUT2D eigenvalue weighted by molar-refractivity contribution is -0.247. The van der Waals surface area contributed by atoms with Gasteiger partial charge in [-0.1, -0.05) is 30.3 Å². The number of hydrogen-bond donors (Lipinski definition) is 1. The zero-order chi connectivity index (χ0) is 13.6. The predicted octanol–water partition coefficient (Wildman–Crippen LogP) is 2.11. The van der Waals surface area contributed by atoms with E-state index in [4.69, 9.17) is 14.2 Å². The smallest absolute Gasteiger partial charge is 0.178 e. The molecule has 1 heterocycles. The maximum Gasteiger partial charge on any atom is 0.178 e. The molecule has 1 fully saturated rings. The first-order chi connectivity index (χ1) is 9.18. The summed E-state index contributed by atoms with van der Waals surface area (Å²) in [5.41, 5.74) is 0.893. The van der Waals surface area contributed by atoms with Crippen LogP contribution in [0.15, 0.2) is 30.3 Å². The summed E-state index contributed by atoms with van der Waals surface area (Å²) in [5.74, 6) is 0. The van der Waals surface area contributed by atoms with Crippen molar-refractivity contribution in [2.45, 2.75) is 38.3 Å². The molecule has 1 aliphatic heterocycles. The van der Waals surface area contributed by atoms with Crippen LogP contribution in [0.3, 0.4) is 0 Å². The minimum absolute atomic E-state index is 0.251. The molecule has 0 radical (unpaired) electrons. The third kappa shape index (κ3) is 4.91. The summed E-state index contributed by atoms with van der Waals surface area (Å²) in [6.45, 7) is 4.05. The van der Waals surface area contributed by atoms with E-state index in [1.54, 1.807) is 0 Å². The molecular weight excluding hydrogens is 244 g/mol. The Hall–Kier alpha value is -0.940. The van der Waals surface area contributed by atoms with E-state index in [1.165, 1.54) is 5.56 Å². The van der Waals surface area contributed by atoms with Gasteiger partial charge in [0.05, 0.1) is 25.4 Å². The van der Waals surface area contributed by atoms with Crippen molar-refractivity contribution in [3.8, 4) is 0 Å². The lowest BCUT2D eigenvalue weighted by Crippen LogP contribution is -2.44. The molecule has 1 N–H and O–H groups in total. The Morgan fingerprint density at radius 2 is 2.16 bits per heavy atom. The van der Waals surface area contributed by atoms with Crippen molar-refractivity contribution >= 4 is 0 Å². The molecular formula is C15H22O4. The Kier molecular flexibility index (Phi) is 5.34. The highest BCUT2D eigenvalue weighted by atomic mass is 16.7. The van der Waals surface area contributed by atoms with Gasteiger partial charge in [0.15, 0.2) is 6.29 Å². The van der Waals surface area contributed by atoms with Crippen molar-refractivity contribution in [3.05, 3.63) is 35.9 Å². The lowest BCUT2D eigenvalue weighted by atomic mass is 10.0. The second-order valence-electron chi connectivity index (χ2n) is 5.17. The highest BCUT2D eigenvalue weighted by Gasteiger charge is 2.31. The Bertz CT molecular complexity index is 358. The topological polar surface area (TPSA) is 47.9 Å². The fourth-order valence-corrected chi connectivity index (χ4v) is 2.09. The van der Waals surface area contributed by atoms with Crippen LogP contribution in [0.2, 0.25) is 0 Å². The molecule has 0 bridgehead atoms. The second kappa shape index (κ2) is 7.01. The van der Waals surface area contributed by atoms with Crippen LogP contribution in [-0.4, -0.2) is 36.8 Å². The van der Waals surface area contributed by atoms with E-state index in [-0.39, 0.29) is 12.2 Å². The molecule has 0 spiro atoms. The summed E-state index contributed by atoms with van der Waals surface area (Å²) < 4.78 is 16.5. The van der Waals surface area contributed by atoms with E-state index in [0.717, 1.165) is 12.8 Å². The fourth-order valence-electron chi connectivity index (χ4n) is 2.09. The quantitative estimate of drug-likeness (QED) is 0.801. The maximum absolute atomic E-state index is 9.21. The second-order valence-corrected chi connectivity index (χ2v) is 5.17. The highest BCUT2D eigenvalue weighted by Crippen LogP contribution is 2.23. The van der Waals surface area contributed by atoms with Gasteiger partial charge in [-0.2, -0.15) is 0 Å². The average molecular weight is 266 g/mol. The molecule has 0 saturated carbocycles. The minimum Gasteiger partial charge on any atom is -0.377 e. The van der Waals surface area contributed by atoms with Gasteiger partial charge in [0, 0.05) is 6.61 Å². The summed E-state index contributed by atoms with van der Waals surface area (Å²) in [4.78, 5) is 0. The average Bonchev–Trinajstić information content (AvgIpc) is 2.43. The van der Waals surface area contributed by atoms with Gasteiger partial charge < -0.3 is 19.3 Å². The van der Waals surface area contributed by atoms with Gasteiger partial charge in [-0.3, -0.25) is 0 Å². The van der Waals surface area contributed by atoms with Gasteiger partial charge in [0.2, 0.25) is 0 Å². The highest BCUT2D eigenvalue weighted by molar-refractivity contribution is 5.13. The Morgan fingerprint density at radius 3 is 2.84 bits per heavy atom. The van der Waals surface area contributed by atoms with Crippen LogP contribution in [0.5, 0.6) is 0 Å². The van der Waals surface area contributed by atoms with Gasteiger partial charge in [-0.15, -0.1) is 0 Å². The Labute approximate surface area is 114 Å². The van der Waals surface area contributed by atoms with Crippen LogP contribution in [-0.2, 0) is 20.8 Å². The number of hydrogen-bond acceptors (Lipinski definition) is 4. The molecule has 1 saturated heterocycles. The minimum atomic E-state index is -0.776. The predicted molar refractivity (Wildman–Crippen MR) is 71.6 cm³/mol. The van der Waals surface area contributed by atoms with E-state index in [2.05, 4.69) is 12.1 Å². The zero-order valence-electron chi connectivity index (χ0n) is 11.4. The van der Waals surface area contributed by atoms with Crippen LogP contribution < -0.4 is 0 Å². The summed E-state index contributed by atoms with van der Waals surface area (Å²) in [6, 6.07) is 10.1. The molecule has 1 aromatic carbocycles. The first-order valence-corrected chi connectivity index (χ1v) is 6.73. The molecule has 2 unspecified atom stereocenters. The number of ether oxygens (including phenoxy) is 3. The molecule has 1 aromatic rings. The SMILES string of the molecule is CC1(CCCOCc2ccccc2)COC(O)CO1. The standard InChI is InChI=1S/C15H22O4/c1-15(12-18-14(16)11-19-15)8-5-9-17-10-13-6-3-2-4-7-13/h2-4,6-7,14,16H,5,8-12H2,1H3. The van der Waals surface area contributed by atoms with Gasteiger partial charge in [0.1, 0.15) is 0 Å². The molecule has 1 aliphatic rings. The van der Waals surface area contributed by atoms with Gasteiger partial charge in [0.25, 0.3) is 0 Å². The Morgan fingerprint density at radius 1 is 1.37 bits per heavy atom. The third-order valence-electron chi connectivity index (χ3n) is 3.26. The maximum atomic E-state index is 9.21. The summed E-state index contributed by atoms with van der Waals surface area (Å²) >= 11 is 0. The van der Waals surface area contributed by atoms with E-state index < -0.39 is 6.29 Å². The molecule has 2 rings (SSSR count). The van der Waals surface area contributed by atoms with Crippen molar-refractivity contribution in [3.63, 3.8) is 0 Å². The first-order valence-electron chi connectivity index (χ1n) is 6.73. The van der Waals surface area contributed by atoms with E-state index in [9.17, 15) is 5.11 Å². The molecule has 4 heteroatoms. The normalized spacial score (nSPS) is 27.4. The molecule has 106 valence electrons. The molecule has 2 atom stereocenters. The van der Waals surface area contributed by atoms with Gasteiger partial charge >= 0.3 is 0 Å². The summed E-state index contributed by atoms with van der Waals surface area (Å²) in [5, 5.41) is 9.21. The summed E-state index contributed by atoms with van der Waals surface area (Å²) in [7, 11) is 0. The van der Waals surface area contributed by atoms with Crippen molar-refractivity contribution in [2.75, 3.05) is 19.8 Å². The van der Waals surface area contributed by atoms with Crippen molar-refractivity contribution in [2.24, 2.45) is 0 Å². The van der Waals surface area contributed by atoms with Crippen molar-refractivity contribution < 1.29 is 19.3 Å². The van der Waals surface area contributed by atoms with Gasteiger partial charge in [-0.25, -0.2) is 0 Å². The molecule has 0 aromatic heterocycles. The molecule has 0 aliphatic carbocycles. The van der Waals surface area contributed by atoms with Crippen LogP contribution in [0, 0.1) is 0 Å². The first kappa shape index (κ1) is 14.5. The monoisotopic (exact) mass is 266 g/mol. The molecule has 4 nitrogen and oxygen atoms in total. The zero-order valence-corrected chi connectivity index (χ0v) is 11.4. The molecule has 0 amide bonds. The third-order valence-corrected chi connectivity index (χ3v) is 3.26. The van der Waals surface area contributed by atoms with E-state index >= 15 is 0 Å². The van der Waals surface area contributed by atoms with Crippen LogP contribution in [0.4, 0.5) is 0 Å². The lowest BCUT2D eigenvalue weighted by Gasteiger charge is -2.35. The Balaban J connectivity index is 1.59. The van der Waals surface area contributed by atoms with Crippen LogP contribution in [0.1, 0.15) is 25.3 Å². The van der Waals surface area contributed by atoms with Crippen molar-refractivity contribution in [1.29, 1.82) is 0 Å². The van der Waals surface area contributed by atoms with Crippen LogP contribution in [0.25, 0.3) is 0 Å². The molecule has 19 heavy (non-hydrogen) atoms. The largest absolute Gasteiger partial charge is 0.377 e. The number of aliphatic hydroxyl groups is 1. The number of aliphatic hydroxyl groups excluding tert-OH is 1. The van der Waals surface area contributed by atoms with Crippen LogP contribution >= 0.6 is 0 Å². The van der Waals surface area contributed by atoms with E-state index in [0.29, 0.717) is 19.8 Å². The summed E-state index contributed by atoms with van der Waals surface area (Å²) in [6.07, 6.45) is 1.01. The van der Waals surface area contributed by atoms with E-state index in [1.807, 2.05) is 25.1 Å². The number of rotatable bonds is 6. The van der Waals surface area contributed by atoms with Crippen molar-refractivity contribution in [1.82, 2.24) is 0 Å². The number of benzene rings is 1. The van der Waals surface area contributed by atoms with Gasteiger partial charge in [-0.05, 0) is 25.3 Å².